The van der Waals surface area contributed by atoms with Crippen LogP contribution < -0.4 is 5.32 Å². The minimum atomic E-state index is -4.44. The molecule has 2 aromatic heterocycles. The number of carbonyl (C=O) groups is 1. The largest absolute Gasteiger partial charge is 0.417 e. The van der Waals surface area contributed by atoms with Crippen LogP contribution in [0, 0.1) is 5.92 Å². The number of piperidine rings is 1. The van der Waals surface area contributed by atoms with Gasteiger partial charge in [-0.05, 0) is 55.2 Å². The third-order valence-corrected chi connectivity index (χ3v) is 6.21. The number of benzene rings is 1. The molecule has 2 unspecified atom stereocenters. The normalized spacial score (nSPS) is 18.6. The van der Waals surface area contributed by atoms with E-state index in [-0.39, 0.29) is 17.9 Å². The zero-order valence-corrected chi connectivity index (χ0v) is 19.1. The van der Waals surface area contributed by atoms with E-state index in [1.165, 1.54) is 6.07 Å². The highest BCUT2D eigenvalue weighted by atomic mass is 35.5. The van der Waals surface area contributed by atoms with Gasteiger partial charge in [0, 0.05) is 42.3 Å². The monoisotopic (exact) mass is 489 g/mol. The molecule has 10 heteroatoms. The SMILES string of the molecule is CC1CCCN(C(=O)c2cc(Cl)ccc2-c2ncccn2)C1CNc1ccc(C(F)(F)F)cn1. The average Bonchev–Trinajstić information content (AvgIpc) is 2.83. The smallest absolute Gasteiger partial charge is 0.368 e. The summed E-state index contributed by atoms with van der Waals surface area (Å²) in [4.78, 5) is 27.9. The van der Waals surface area contributed by atoms with Crippen LogP contribution in [0.3, 0.4) is 0 Å². The number of likely N-dealkylation sites (tertiary alicyclic amines) is 1. The van der Waals surface area contributed by atoms with Crippen LogP contribution in [0.2, 0.25) is 5.02 Å². The van der Waals surface area contributed by atoms with Gasteiger partial charge < -0.3 is 10.2 Å². The van der Waals surface area contributed by atoms with Gasteiger partial charge in [0.05, 0.1) is 17.2 Å². The number of anilines is 1. The molecule has 6 nitrogen and oxygen atoms in total. The summed E-state index contributed by atoms with van der Waals surface area (Å²) in [5.74, 6) is 0.731. The summed E-state index contributed by atoms with van der Waals surface area (Å²) in [5, 5.41) is 3.52. The first kappa shape index (κ1) is 23.9. The first-order valence-electron chi connectivity index (χ1n) is 10.9. The molecule has 3 aromatic rings. The average molecular weight is 490 g/mol. The van der Waals surface area contributed by atoms with Crippen LogP contribution in [-0.2, 0) is 6.18 Å². The van der Waals surface area contributed by atoms with Crippen LogP contribution in [0.25, 0.3) is 11.4 Å². The standard InChI is InChI=1S/C24H23ClF3N5O/c1-15-4-2-11-33(20(15)14-32-21-8-5-16(13-31-21)24(26,27)28)23(34)19-12-17(25)6-7-18(19)22-29-9-3-10-30-22/h3,5-10,12-13,15,20H,2,4,11,14H2,1H3,(H,31,32). The molecule has 1 aliphatic rings. The van der Waals surface area contributed by atoms with Crippen molar-refractivity contribution < 1.29 is 18.0 Å². The van der Waals surface area contributed by atoms with Crippen molar-refractivity contribution in [3.8, 4) is 11.4 Å². The molecule has 1 amide bonds. The summed E-state index contributed by atoms with van der Waals surface area (Å²) in [6.45, 7) is 2.96. The van der Waals surface area contributed by atoms with Gasteiger partial charge in [0.25, 0.3) is 5.91 Å². The molecule has 0 spiro atoms. The van der Waals surface area contributed by atoms with Crippen molar-refractivity contribution in [1.82, 2.24) is 19.9 Å². The number of alkyl halides is 3. The maximum Gasteiger partial charge on any atom is 0.417 e. The Labute approximate surface area is 200 Å². The molecule has 3 heterocycles. The fourth-order valence-electron chi connectivity index (χ4n) is 4.17. The first-order valence-corrected chi connectivity index (χ1v) is 11.3. The van der Waals surface area contributed by atoms with Crippen molar-refractivity contribution in [2.75, 3.05) is 18.4 Å². The molecule has 178 valence electrons. The number of amides is 1. The summed E-state index contributed by atoms with van der Waals surface area (Å²) < 4.78 is 38.4. The van der Waals surface area contributed by atoms with E-state index < -0.39 is 11.7 Å². The second kappa shape index (κ2) is 9.97. The van der Waals surface area contributed by atoms with E-state index in [0.29, 0.717) is 40.9 Å². The highest BCUT2D eigenvalue weighted by Crippen LogP contribution is 2.31. The molecular formula is C24H23ClF3N5O. The van der Waals surface area contributed by atoms with Crippen molar-refractivity contribution >= 4 is 23.3 Å². The number of nitrogens with zero attached hydrogens (tertiary/aromatic N) is 4. The number of aromatic nitrogens is 3. The minimum Gasteiger partial charge on any atom is -0.368 e. The van der Waals surface area contributed by atoms with Crippen LogP contribution in [0.1, 0.15) is 35.7 Å². The van der Waals surface area contributed by atoms with Gasteiger partial charge in [0.15, 0.2) is 5.82 Å². The van der Waals surface area contributed by atoms with E-state index in [2.05, 4.69) is 27.2 Å². The van der Waals surface area contributed by atoms with E-state index >= 15 is 0 Å². The lowest BCUT2D eigenvalue weighted by Gasteiger charge is -2.40. The molecular weight excluding hydrogens is 467 g/mol. The molecule has 0 aliphatic carbocycles. The van der Waals surface area contributed by atoms with E-state index in [0.717, 1.165) is 25.1 Å². The Morgan fingerprint density at radius 3 is 2.62 bits per heavy atom. The number of hydrogen-bond acceptors (Lipinski definition) is 5. The van der Waals surface area contributed by atoms with Gasteiger partial charge >= 0.3 is 6.18 Å². The highest BCUT2D eigenvalue weighted by molar-refractivity contribution is 6.31. The Bertz CT molecular complexity index is 1140. The van der Waals surface area contributed by atoms with Crippen molar-refractivity contribution in [2.24, 2.45) is 5.92 Å². The molecule has 1 N–H and O–H groups in total. The van der Waals surface area contributed by atoms with Gasteiger partial charge in [-0.25, -0.2) is 15.0 Å². The van der Waals surface area contributed by atoms with E-state index in [9.17, 15) is 18.0 Å². The molecule has 2 atom stereocenters. The van der Waals surface area contributed by atoms with Gasteiger partial charge in [0.2, 0.25) is 0 Å². The molecule has 1 aliphatic heterocycles. The summed E-state index contributed by atoms with van der Waals surface area (Å²) >= 11 is 6.23. The van der Waals surface area contributed by atoms with Crippen molar-refractivity contribution in [3.05, 3.63) is 71.1 Å². The zero-order valence-electron chi connectivity index (χ0n) is 18.4. The summed E-state index contributed by atoms with van der Waals surface area (Å²) in [5.41, 5.74) is 0.187. The van der Waals surface area contributed by atoms with Gasteiger partial charge in [-0.3, -0.25) is 4.79 Å². The van der Waals surface area contributed by atoms with Gasteiger partial charge in [-0.2, -0.15) is 13.2 Å². The summed E-state index contributed by atoms with van der Waals surface area (Å²) in [6, 6.07) is 8.84. The first-order chi connectivity index (χ1) is 16.2. The Morgan fingerprint density at radius 2 is 1.94 bits per heavy atom. The van der Waals surface area contributed by atoms with Crippen LogP contribution in [0.15, 0.2) is 55.0 Å². The Hall–Kier alpha value is -3.20. The van der Waals surface area contributed by atoms with Gasteiger partial charge in [0.1, 0.15) is 5.82 Å². The molecule has 0 bridgehead atoms. The number of pyridine rings is 1. The highest BCUT2D eigenvalue weighted by Gasteiger charge is 2.34. The number of rotatable bonds is 5. The molecule has 0 radical (unpaired) electrons. The fourth-order valence-corrected chi connectivity index (χ4v) is 4.34. The maximum atomic E-state index is 13.7. The topological polar surface area (TPSA) is 71.0 Å². The van der Waals surface area contributed by atoms with Crippen molar-refractivity contribution in [1.29, 1.82) is 0 Å². The molecule has 1 saturated heterocycles. The van der Waals surface area contributed by atoms with E-state index in [1.807, 2.05) is 0 Å². The molecule has 34 heavy (non-hydrogen) atoms. The van der Waals surface area contributed by atoms with E-state index in [1.54, 1.807) is 41.6 Å². The third-order valence-electron chi connectivity index (χ3n) is 5.98. The number of carbonyl (C=O) groups excluding carboxylic acids is 1. The summed E-state index contributed by atoms with van der Waals surface area (Å²) in [6.07, 6.45) is 1.35. The molecule has 0 saturated carbocycles. The Balaban J connectivity index is 1.57. The quantitative estimate of drug-likeness (QED) is 0.508. The lowest BCUT2D eigenvalue weighted by Crippen LogP contribution is -2.51. The minimum absolute atomic E-state index is 0.176. The number of halogens is 4. The van der Waals surface area contributed by atoms with Crippen LogP contribution >= 0.6 is 11.6 Å². The predicted molar refractivity (Wildman–Crippen MR) is 123 cm³/mol. The second-order valence-corrected chi connectivity index (χ2v) is 8.69. The lowest BCUT2D eigenvalue weighted by molar-refractivity contribution is -0.137. The van der Waals surface area contributed by atoms with Crippen LogP contribution in [0.4, 0.5) is 19.0 Å². The molecule has 4 rings (SSSR count). The number of nitrogens with one attached hydrogen (secondary N) is 1. The van der Waals surface area contributed by atoms with Gasteiger partial charge in [-0.1, -0.05) is 18.5 Å². The van der Waals surface area contributed by atoms with Gasteiger partial charge in [-0.15, -0.1) is 0 Å². The lowest BCUT2D eigenvalue weighted by atomic mass is 9.89. The summed E-state index contributed by atoms with van der Waals surface area (Å²) in [7, 11) is 0. The molecule has 1 aromatic carbocycles. The van der Waals surface area contributed by atoms with Crippen molar-refractivity contribution in [3.63, 3.8) is 0 Å². The number of hydrogen-bond donors (Lipinski definition) is 1. The van der Waals surface area contributed by atoms with Crippen LogP contribution in [-0.4, -0.2) is 44.9 Å². The van der Waals surface area contributed by atoms with E-state index in [4.69, 9.17) is 11.6 Å². The fraction of sp³-hybridized carbons (Fsp3) is 0.333. The third kappa shape index (κ3) is 5.30. The zero-order chi connectivity index (χ0) is 24.3. The predicted octanol–water partition coefficient (Wildman–Crippen LogP) is 5.56. The Morgan fingerprint density at radius 1 is 1.18 bits per heavy atom. The van der Waals surface area contributed by atoms with Crippen molar-refractivity contribution in [2.45, 2.75) is 32.0 Å². The molecule has 1 fully saturated rings. The van der Waals surface area contributed by atoms with Crippen LogP contribution in [0.5, 0.6) is 0 Å². The second-order valence-electron chi connectivity index (χ2n) is 8.26. The maximum absolute atomic E-state index is 13.7. The Kier molecular flexibility index (Phi) is 7.02.